The maximum atomic E-state index is 13.7. The van der Waals surface area contributed by atoms with E-state index in [1.807, 2.05) is 31.2 Å². The molecule has 0 bridgehead atoms. The average Bonchev–Trinajstić information content (AvgIpc) is 2.90. The zero-order valence-corrected chi connectivity index (χ0v) is 19.3. The van der Waals surface area contributed by atoms with E-state index in [2.05, 4.69) is 15.4 Å². The molecule has 1 atom stereocenters. The van der Waals surface area contributed by atoms with Gasteiger partial charge in [-0.3, -0.25) is 14.4 Å². The third-order valence-electron chi connectivity index (χ3n) is 6.25. The normalized spacial score (nSPS) is 15.7. The molecule has 3 heterocycles. The molecule has 1 aliphatic heterocycles. The van der Waals surface area contributed by atoms with E-state index in [9.17, 15) is 14.4 Å². The van der Waals surface area contributed by atoms with Crippen LogP contribution in [0.15, 0.2) is 77.7 Å². The number of para-hydroxylation sites is 1. The number of piperidine rings is 1. The Labute approximate surface area is 202 Å². The summed E-state index contributed by atoms with van der Waals surface area (Å²) in [6, 6.07) is 19.7. The number of hydrogen-bond acceptors (Lipinski definition) is 5. The Kier molecular flexibility index (Phi) is 6.10. The summed E-state index contributed by atoms with van der Waals surface area (Å²) in [5.74, 6) is -0.323. The smallest absolute Gasteiger partial charge is 0.279 e. The fraction of sp³-hybridized carbons (Fsp3) is 0.222. The third-order valence-corrected chi connectivity index (χ3v) is 6.25. The average molecular weight is 468 g/mol. The number of aromatic nitrogens is 3. The Morgan fingerprint density at radius 1 is 0.971 bits per heavy atom. The number of hydrogen-bond donors (Lipinski definition) is 1. The van der Waals surface area contributed by atoms with Crippen LogP contribution in [0.5, 0.6) is 0 Å². The van der Waals surface area contributed by atoms with Crippen LogP contribution in [0.4, 0.5) is 5.82 Å². The Morgan fingerprint density at radius 2 is 1.71 bits per heavy atom. The van der Waals surface area contributed by atoms with E-state index in [-0.39, 0.29) is 35.5 Å². The summed E-state index contributed by atoms with van der Waals surface area (Å²) >= 11 is 0. The van der Waals surface area contributed by atoms with Gasteiger partial charge < -0.3 is 10.2 Å². The zero-order chi connectivity index (χ0) is 24.4. The van der Waals surface area contributed by atoms with Gasteiger partial charge in [0.25, 0.3) is 11.5 Å². The Bertz CT molecular complexity index is 1450. The molecule has 1 fully saturated rings. The van der Waals surface area contributed by atoms with Gasteiger partial charge in [-0.25, -0.2) is 4.98 Å². The van der Waals surface area contributed by atoms with Crippen molar-refractivity contribution >= 4 is 28.4 Å². The van der Waals surface area contributed by atoms with Crippen LogP contribution in [0.25, 0.3) is 16.5 Å². The first-order valence-electron chi connectivity index (χ1n) is 11.6. The van der Waals surface area contributed by atoms with Crippen LogP contribution in [0.1, 0.15) is 28.9 Å². The molecule has 0 radical (unpaired) electrons. The Hall–Kier alpha value is -4.33. The monoisotopic (exact) mass is 467 g/mol. The van der Waals surface area contributed by atoms with Gasteiger partial charge in [0.05, 0.1) is 17.0 Å². The van der Waals surface area contributed by atoms with Gasteiger partial charge in [0.15, 0.2) is 5.69 Å². The minimum Gasteiger partial charge on any atom is -0.336 e. The second kappa shape index (κ2) is 9.50. The highest BCUT2D eigenvalue weighted by Crippen LogP contribution is 2.23. The van der Waals surface area contributed by atoms with E-state index in [1.165, 1.54) is 4.68 Å². The third kappa shape index (κ3) is 4.55. The van der Waals surface area contributed by atoms with Crippen molar-refractivity contribution in [3.8, 4) is 5.69 Å². The first-order valence-corrected chi connectivity index (χ1v) is 11.6. The summed E-state index contributed by atoms with van der Waals surface area (Å²) in [6.07, 6.45) is 3.07. The van der Waals surface area contributed by atoms with Crippen molar-refractivity contribution < 1.29 is 9.59 Å². The number of likely N-dealkylation sites (tertiary alicyclic amines) is 1. The van der Waals surface area contributed by atoms with Gasteiger partial charge in [-0.15, -0.1) is 0 Å². The van der Waals surface area contributed by atoms with E-state index >= 15 is 0 Å². The molecule has 5 rings (SSSR count). The number of anilines is 1. The summed E-state index contributed by atoms with van der Waals surface area (Å²) in [5, 5.41) is 8.28. The maximum absolute atomic E-state index is 13.7. The van der Waals surface area contributed by atoms with Crippen molar-refractivity contribution in [1.82, 2.24) is 19.7 Å². The van der Waals surface area contributed by atoms with E-state index in [1.54, 1.807) is 53.6 Å². The summed E-state index contributed by atoms with van der Waals surface area (Å²) in [6.45, 7) is 2.73. The van der Waals surface area contributed by atoms with E-state index in [0.29, 0.717) is 41.7 Å². The van der Waals surface area contributed by atoms with Crippen LogP contribution in [0.3, 0.4) is 0 Å². The standard InChI is InChI=1S/C27H25N5O3/c1-18-13-14-23(28-16-18)29-25(33)19-8-7-15-31(17-19)27(35)24-21-11-5-6-12-22(21)26(34)32(30-24)20-9-3-2-4-10-20/h2-6,9-14,16,19H,7-8,15,17H2,1H3,(H,28,29,33). The van der Waals surface area contributed by atoms with Gasteiger partial charge >= 0.3 is 0 Å². The number of carbonyl (C=O) groups is 2. The fourth-order valence-corrected chi connectivity index (χ4v) is 4.39. The summed E-state index contributed by atoms with van der Waals surface area (Å²) in [7, 11) is 0. The van der Waals surface area contributed by atoms with Gasteiger partial charge in [-0.1, -0.05) is 42.5 Å². The number of nitrogens with zero attached hydrogens (tertiary/aromatic N) is 4. The molecular weight excluding hydrogens is 442 g/mol. The number of nitrogens with one attached hydrogen (secondary N) is 1. The molecule has 8 nitrogen and oxygen atoms in total. The number of carbonyl (C=O) groups excluding carboxylic acids is 2. The van der Waals surface area contributed by atoms with E-state index in [4.69, 9.17) is 0 Å². The number of fused-ring (bicyclic) bond motifs is 1. The van der Waals surface area contributed by atoms with Crippen molar-refractivity contribution in [2.45, 2.75) is 19.8 Å². The van der Waals surface area contributed by atoms with E-state index < -0.39 is 0 Å². The maximum Gasteiger partial charge on any atom is 0.279 e. The molecular formula is C27H25N5O3. The first-order chi connectivity index (χ1) is 17.0. The Balaban J connectivity index is 1.44. The Morgan fingerprint density at radius 3 is 2.46 bits per heavy atom. The highest BCUT2D eigenvalue weighted by Gasteiger charge is 2.31. The number of aryl methyl sites for hydroxylation is 1. The van der Waals surface area contributed by atoms with Crippen molar-refractivity contribution in [1.29, 1.82) is 0 Å². The lowest BCUT2D eigenvalue weighted by atomic mass is 9.96. The van der Waals surface area contributed by atoms with Crippen LogP contribution in [-0.4, -0.2) is 44.6 Å². The molecule has 1 unspecified atom stereocenters. The molecule has 0 aliphatic carbocycles. The van der Waals surface area contributed by atoms with Crippen LogP contribution in [0.2, 0.25) is 0 Å². The van der Waals surface area contributed by atoms with Gasteiger partial charge in [0.2, 0.25) is 5.91 Å². The molecule has 1 saturated heterocycles. The lowest BCUT2D eigenvalue weighted by molar-refractivity contribution is -0.121. The van der Waals surface area contributed by atoms with Crippen LogP contribution < -0.4 is 10.9 Å². The number of benzene rings is 2. The van der Waals surface area contributed by atoms with E-state index in [0.717, 1.165) is 5.56 Å². The van der Waals surface area contributed by atoms with Crippen molar-refractivity contribution in [3.63, 3.8) is 0 Å². The van der Waals surface area contributed by atoms with Gasteiger partial charge in [-0.2, -0.15) is 9.78 Å². The minimum atomic E-state index is -0.359. The topological polar surface area (TPSA) is 97.2 Å². The van der Waals surface area contributed by atoms with Crippen LogP contribution in [0, 0.1) is 12.8 Å². The predicted molar refractivity (Wildman–Crippen MR) is 134 cm³/mol. The number of rotatable bonds is 4. The lowest BCUT2D eigenvalue weighted by Gasteiger charge is -2.32. The predicted octanol–water partition coefficient (Wildman–Crippen LogP) is 3.58. The van der Waals surface area contributed by atoms with Crippen molar-refractivity contribution in [2.75, 3.05) is 18.4 Å². The number of pyridine rings is 1. The highest BCUT2D eigenvalue weighted by atomic mass is 16.2. The molecule has 0 saturated carbocycles. The second-order valence-electron chi connectivity index (χ2n) is 8.75. The van der Waals surface area contributed by atoms with Gasteiger partial charge in [0.1, 0.15) is 5.82 Å². The molecule has 1 aliphatic rings. The summed E-state index contributed by atoms with van der Waals surface area (Å²) < 4.78 is 1.27. The quantitative estimate of drug-likeness (QED) is 0.495. The molecule has 0 spiro atoms. The molecule has 2 aromatic heterocycles. The molecule has 176 valence electrons. The second-order valence-corrected chi connectivity index (χ2v) is 8.75. The number of amides is 2. The fourth-order valence-electron chi connectivity index (χ4n) is 4.39. The van der Waals surface area contributed by atoms with Crippen LogP contribution in [-0.2, 0) is 4.79 Å². The lowest BCUT2D eigenvalue weighted by Crippen LogP contribution is -2.44. The molecule has 1 N–H and O–H groups in total. The zero-order valence-electron chi connectivity index (χ0n) is 19.3. The molecule has 2 aromatic carbocycles. The summed E-state index contributed by atoms with van der Waals surface area (Å²) in [4.78, 5) is 45.6. The molecule has 8 heteroatoms. The van der Waals surface area contributed by atoms with Crippen molar-refractivity contribution in [3.05, 3.63) is 94.5 Å². The first kappa shape index (κ1) is 22.5. The largest absolute Gasteiger partial charge is 0.336 e. The molecule has 35 heavy (non-hydrogen) atoms. The molecule has 4 aromatic rings. The highest BCUT2D eigenvalue weighted by molar-refractivity contribution is 6.05. The SMILES string of the molecule is Cc1ccc(NC(=O)C2CCCN(C(=O)c3nn(-c4ccccc4)c(=O)c4ccccc34)C2)nc1. The minimum absolute atomic E-state index is 0.161. The van der Waals surface area contributed by atoms with Gasteiger partial charge in [0, 0.05) is 24.7 Å². The van der Waals surface area contributed by atoms with Crippen molar-refractivity contribution in [2.24, 2.45) is 5.92 Å². The van der Waals surface area contributed by atoms with Crippen LogP contribution >= 0.6 is 0 Å². The van der Waals surface area contributed by atoms with Gasteiger partial charge in [-0.05, 0) is 49.6 Å². The molecule has 2 amide bonds. The summed E-state index contributed by atoms with van der Waals surface area (Å²) in [5.41, 5.74) is 1.50.